The fourth-order valence-corrected chi connectivity index (χ4v) is 0.742. The molecule has 0 fully saturated rings. The van der Waals surface area contributed by atoms with E-state index in [1.807, 2.05) is 20.8 Å². The van der Waals surface area contributed by atoms with E-state index in [1.165, 1.54) is 7.11 Å². The van der Waals surface area contributed by atoms with Crippen LogP contribution in [0.3, 0.4) is 0 Å². The van der Waals surface area contributed by atoms with E-state index in [0.717, 1.165) is 0 Å². The first kappa shape index (κ1) is 12.9. The molecule has 0 bridgehead atoms. The highest BCUT2D eigenvalue weighted by molar-refractivity contribution is 5.97. The lowest BCUT2D eigenvalue weighted by molar-refractivity contribution is -0.153. The molecule has 0 aliphatic heterocycles. The summed E-state index contributed by atoms with van der Waals surface area (Å²) in [4.78, 5) is 21.9. The van der Waals surface area contributed by atoms with Crippen molar-refractivity contribution < 1.29 is 19.1 Å². The zero-order valence-electron chi connectivity index (χ0n) is 8.99. The molecule has 0 saturated carbocycles. The van der Waals surface area contributed by atoms with Gasteiger partial charge in [0.15, 0.2) is 5.92 Å². The van der Waals surface area contributed by atoms with Gasteiger partial charge in [-0.1, -0.05) is 0 Å². The highest BCUT2D eigenvalue weighted by Crippen LogP contribution is 2.10. The summed E-state index contributed by atoms with van der Waals surface area (Å²) in [7, 11) is 1.20. The fraction of sp³-hybridized carbons (Fsp3) is 0.778. The Bertz CT molecular complexity index is 219. The number of esters is 1. The number of nitrogens with two attached hydrogens (primary N) is 1. The number of hydrogen-bond donors (Lipinski definition) is 1. The van der Waals surface area contributed by atoms with E-state index in [0.29, 0.717) is 0 Å². The molecule has 82 valence electrons. The molecule has 0 aliphatic rings. The topological polar surface area (TPSA) is 78.6 Å². The van der Waals surface area contributed by atoms with E-state index >= 15 is 0 Å². The predicted octanol–water partition coefficient (Wildman–Crippen LogP) is 0.0760. The average Bonchev–Trinajstić information content (AvgIpc) is 2.01. The summed E-state index contributed by atoms with van der Waals surface area (Å²) >= 11 is 0. The average molecular weight is 203 g/mol. The Balaban J connectivity index is 4.26. The molecule has 0 aliphatic carbocycles. The molecule has 0 aromatic heterocycles. The van der Waals surface area contributed by atoms with Crippen LogP contribution in [0.25, 0.3) is 0 Å². The van der Waals surface area contributed by atoms with Gasteiger partial charge in [0.1, 0.15) is 0 Å². The number of methoxy groups -OCH3 is 1. The Labute approximate surface area is 83.5 Å². The first-order valence-corrected chi connectivity index (χ1v) is 4.29. The second kappa shape index (κ2) is 4.95. The Kier molecular flexibility index (Phi) is 4.56. The molecule has 2 N–H and O–H groups in total. The largest absolute Gasteiger partial charge is 0.468 e. The van der Waals surface area contributed by atoms with E-state index < -0.39 is 23.4 Å². The minimum atomic E-state index is -1.03. The van der Waals surface area contributed by atoms with E-state index in [-0.39, 0.29) is 6.61 Å². The molecule has 1 unspecified atom stereocenters. The number of carbonyl (C=O) groups excluding carboxylic acids is 2. The molecule has 1 atom stereocenters. The molecule has 0 radical (unpaired) electrons. The van der Waals surface area contributed by atoms with Gasteiger partial charge in [-0.25, -0.2) is 0 Å². The smallest absolute Gasteiger partial charge is 0.320 e. The zero-order valence-corrected chi connectivity index (χ0v) is 8.99. The van der Waals surface area contributed by atoms with Crippen molar-refractivity contribution in [1.82, 2.24) is 0 Å². The molecule has 1 amide bonds. The van der Waals surface area contributed by atoms with E-state index in [4.69, 9.17) is 10.5 Å². The van der Waals surface area contributed by atoms with Crippen molar-refractivity contribution in [2.45, 2.75) is 26.4 Å². The maximum atomic E-state index is 11.1. The zero-order chi connectivity index (χ0) is 11.4. The molecular weight excluding hydrogens is 186 g/mol. The van der Waals surface area contributed by atoms with Gasteiger partial charge < -0.3 is 15.2 Å². The van der Waals surface area contributed by atoms with Crippen LogP contribution in [-0.4, -0.2) is 31.2 Å². The summed E-state index contributed by atoms with van der Waals surface area (Å²) in [5, 5.41) is 0. The van der Waals surface area contributed by atoms with Crippen molar-refractivity contribution in [2.75, 3.05) is 13.7 Å². The number of hydrogen-bond acceptors (Lipinski definition) is 4. The third kappa shape index (κ3) is 4.81. The van der Waals surface area contributed by atoms with E-state index in [1.54, 1.807) is 0 Å². The van der Waals surface area contributed by atoms with Gasteiger partial charge in [-0.15, -0.1) is 0 Å². The number of rotatable bonds is 4. The SMILES string of the molecule is COC(=O)C(COC(C)(C)C)C(N)=O. The standard InChI is InChI=1S/C9H17NO4/c1-9(2,3)14-5-6(7(10)11)8(12)13-4/h6H,5H2,1-4H3,(H2,10,11). The number of amides is 1. The Hall–Kier alpha value is -1.10. The van der Waals surface area contributed by atoms with Gasteiger partial charge in [0.2, 0.25) is 5.91 Å². The van der Waals surface area contributed by atoms with Crippen LogP contribution in [0.2, 0.25) is 0 Å². The van der Waals surface area contributed by atoms with Gasteiger partial charge in [0.25, 0.3) is 0 Å². The van der Waals surface area contributed by atoms with Gasteiger partial charge in [0, 0.05) is 0 Å². The maximum Gasteiger partial charge on any atom is 0.320 e. The van der Waals surface area contributed by atoms with Crippen LogP contribution in [0, 0.1) is 5.92 Å². The minimum Gasteiger partial charge on any atom is -0.468 e. The summed E-state index contributed by atoms with van der Waals surface area (Å²) in [5.41, 5.74) is 4.61. The quantitative estimate of drug-likeness (QED) is 0.518. The molecule has 5 heteroatoms. The Morgan fingerprint density at radius 3 is 2.14 bits per heavy atom. The number of carbonyl (C=O) groups is 2. The van der Waals surface area contributed by atoms with Crippen LogP contribution in [0.15, 0.2) is 0 Å². The van der Waals surface area contributed by atoms with Crippen LogP contribution in [0.1, 0.15) is 20.8 Å². The Morgan fingerprint density at radius 1 is 1.36 bits per heavy atom. The normalized spacial score (nSPS) is 13.4. The van der Waals surface area contributed by atoms with Crippen molar-refractivity contribution in [2.24, 2.45) is 11.7 Å². The second-order valence-electron chi connectivity index (χ2n) is 3.90. The lowest BCUT2D eigenvalue weighted by Gasteiger charge is -2.21. The molecule has 0 heterocycles. The van der Waals surface area contributed by atoms with Crippen LogP contribution in [0.5, 0.6) is 0 Å². The Morgan fingerprint density at radius 2 is 1.86 bits per heavy atom. The minimum absolute atomic E-state index is 0.0501. The third-order valence-corrected chi connectivity index (χ3v) is 1.51. The molecule has 0 saturated heterocycles. The molecule has 0 rings (SSSR count). The lowest BCUT2D eigenvalue weighted by Crippen LogP contribution is -2.37. The van der Waals surface area contributed by atoms with Crippen molar-refractivity contribution in [3.8, 4) is 0 Å². The summed E-state index contributed by atoms with van der Waals surface area (Å²) < 4.78 is 9.69. The molecule has 5 nitrogen and oxygen atoms in total. The monoisotopic (exact) mass is 203 g/mol. The van der Waals surface area contributed by atoms with Crippen molar-refractivity contribution >= 4 is 11.9 Å². The molecule has 0 spiro atoms. The summed E-state index contributed by atoms with van der Waals surface area (Å²) in [5.74, 6) is -2.43. The molecule has 0 aromatic carbocycles. The van der Waals surface area contributed by atoms with Gasteiger partial charge in [0.05, 0.1) is 19.3 Å². The van der Waals surface area contributed by atoms with Gasteiger partial charge >= 0.3 is 5.97 Å². The predicted molar refractivity (Wildman–Crippen MR) is 50.4 cm³/mol. The summed E-state index contributed by atoms with van der Waals surface area (Å²) in [6, 6.07) is 0. The van der Waals surface area contributed by atoms with Crippen LogP contribution in [-0.2, 0) is 19.1 Å². The van der Waals surface area contributed by atoms with E-state index in [2.05, 4.69) is 4.74 Å². The van der Waals surface area contributed by atoms with Crippen molar-refractivity contribution in [3.63, 3.8) is 0 Å². The van der Waals surface area contributed by atoms with Crippen molar-refractivity contribution in [1.29, 1.82) is 0 Å². The van der Waals surface area contributed by atoms with Gasteiger partial charge in [-0.2, -0.15) is 0 Å². The third-order valence-electron chi connectivity index (χ3n) is 1.51. The summed E-state index contributed by atoms with van der Waals surface area (Å²) in [6.07, 6.45) is 0. The van der Waals surface area contributed by atoms with E-state index in [9.17, 15) is 9.59 Å². The molecule has 0 aromatic rings. The number of ether oxygens (including phenoxy) is 2. The van der Waals surface area contributed by atoms with Gasteiger partial charge in [-0.3, -0.25) is 9.59 Å². The number of primary amides is 1. The van der Waals surface area contributed by atoms with Crippen molar-refractivity contribution in [3.05, 3.63) is 0 Å². The molecule has 14 heavy (non-hydrogen) atoms. The van der Waals surface area contributed by atoms with Crippen LogP contribution >= 0.6 is 0 Å². The first-order valence-electron chi connectivity index (χ1n) is 4.29. The first-order chi connectivity index (χ1) is 6.28. The van der Waals surface area contributed by atoms with Crippen LogP contribution in [0.4, 0.5) is 0 Å². The lowest BCUT2D eigenvalue weighted by atomic mass is 10.1. The fourth-order valence-electron chi connectivity index (χ4n) is 0.742. The molecular formula is C9H17NO4. The highest BCUT2D eigenvalue weighted by atomic mass is 16.5. The summed E-state index contributed by atoms with van der Waals surface area (Å²) in [6.45, 7) is 5.42. The van der Waals surface area contributed by atoms with Gasteiger partial charge in [-0.05, 0) is 20.8 Å². The van der Waals surface area contributed by atoms with Crippen LogP contribution < -0.4 is 5.73 Å². The second-order valence-corrected chi connectivity index (χ2v) is 3.90. The maximum absolute atomic E-state index is 11.1. The highest BCUT2D eigenvalue weighted by Gasteiger charge is 2.27.